The summed E-state index contributed by atoms with van der Waals surface area (Å²) in [5.74, 6) is 0.675. The van der Waals surface area contributed by atoms with Crippen LogP contribution in [-0.2, 0) is 21.5 Å². The number of hydrogen-bond donors (Lipinski definition) is 0. The monoisotopic (exact) mass is 488 g/mol. The molecule has 0 N–H and O–H groups in total. The lowest BCUT2D eigenvalue weighted by Gasteiger charge is -2.42. The molecule has 2 saturated carbocycles. The highest BCUT2D eigenvalue weighted by Gasteiger charge is 2.78. The Morgan fingerprint density at radius 3 is 1.47 bits per heavy atom. The van der Waals surface area contributed by atoms with E-state index < -0.39 is 22.2 Å². The van der Waals surface area contributed by atoms with Crippen LogP contribution in [0.5, 0.6) is 0 Å². The summed E-state index contributed by atoms with van der Waals surface area (Å²) in [6.45, 7) is 16.2. The minimum absolute atomic E-state index is 0.335. The molecule has 0 aromatic heterocycles. The van der Waals surface area contributed by atoms with Crippen molar-refractivity contribution in [3.63, 3.8) is 0 Å². The molecule has 2 bridgehead atoms. The maximum atomic E-state index is 13.1. The van der Waals surface area contributed by atoms with E-state index >= 15 is 0 Å². The topological polar surface area (TPSA) is 71.0 Å². The fraction of sp³-hybridized carbons (Fsp3) is 0.600. The maximum absolute atomic E-state index is 13.1. The molecule has 192 valence electrons. The molecule has 2 aromatic carbocycles. The van der Waals surface area contributed by atoms with Gasteiger partial charge in [-0.25, -0.2) is 10.1 Å². The summed E-state index contributed by atoms with van der Waals surface area (Å²) in [4.78, 5) is 0. The van der Waals surface area contributed by atoms with Crippen LogP contribution in [0.2, 0.25) is 0 Å². The van der Waals surface area contributed by atoms with Crippen molar-refractivity contribution in [3.8, 4) is 0 Å². The lowest BCUT2D eigenvalue weighted by atomic mass is 9.61. The van der Waals surface area contributed by atoms with Gasteiger partial charge in [0.15, 0.2) is 0 Å². The second-order valence-electron chi connectivity index (χ2n) is 13.5. The third kappa shape index (κ3) is 3.16. The van der Waals surface area contributed by atoms with E-state index in [0.29, 0.717) is 23.2 Å². The van der Waals surface area contributed by atoms with Gasteiger partial charge in [0, 0.05) is 5.41 Å². The fourth-order valence-electron chi connectivity index (χ4n) is 7.51. The predicted molar refractivity (Wildman–Crippen MR) is 142 cm³/mol. The zero-order valence-corrected chi connectivity index (χ0v) is 23.0. The third-order valence-electron chi connectivity index (χ3n) is 9.12. The average Bonchev–Trinajstić information content (AvgIpc) is 3.44. The Labute approximate surface area is 216 Å². The van der Waals surface area contributed by atoms with Crippen molar-refractivity contribution < 1.29 is 10.4 Å². The molecular formula is C30H40N4O2. The number of rotatable bonds is 4. The molecule has 1 heterocycles. The number of fused-ring (bicyclic) bond motifs is 5. The second kappa shape index (κ2) is 7.78. The molecule has 3 aliphatic rings. The average molecular weight is 489 g/mol. The van der Waals surface area contributed by atoms with E-state index in [1.807, 2.05) is 77.9 Å². The molecule has 2 radical (unpaired) electrons. The molecule has 4 atom stereocenters. The molecule has 1 aliphatic heterocycles. The Bertz CT molecular complexity index is 1100. The van der Waals surface area contributed by atoms with Gasteiger partial charge in [-0.2, -0.15) is 10.2 Å². The predicted octanol–water partition coefficient (Wildman–Crippen LogP) is 7.60. The van der Waals surface area contributed by atoms with Crippen LogP contribution in [0.4, 0.5) is 11.4 Å². The van der Waals surface area contributed by atoms with Gasteiger partial charge in [0.1, 0.15) is 11.1 Å². The lowest BCUT2D eigenvalue weighted by molar-refractivity contribution is 0.101. The van der Waals surface area contributed by atoms with Crippen LogP contribution in [-0.4, -0.2) is 11.1 Å². The van der Waals surface area contributed by atoms with Crippen molar-refractivity contribution in [3.05, 3.63) is 59.7 Å². The molecule has 6 nitrogen and oxygen atoms in total. The zero-order valence-electron chi connectivity index (χ0n) is 23.0. The molecule has 0 unspecified atom stereocenters. The Hall–Kier alpha value is -2.44. The van der Waals surface area contributed by atoms with Crippen molar-refractivity contribution in [2.45, 2.75) is 96.8 Å². The van der Waals surface area contributed by atoms with Crippen molar-refractivity contribution >= 4 is 11.4 Å². The van der Waals surface area contributed by atoms with Gasteiger partial charge in [-0.15, -0.1) is 0 Å². The number of azo groups is 1. The van der Waals surface area contributed by atoms with Crippen LogP contribution < -0.4 is 10.1 Å². The molecule has 2 aromatic rings. The quantitative estimate of drug-likeness (QED) is 0.416. The summed E-state index contributed by atoms with van der Waals surface area (Å²) in [5, 5.41) is 38.7. The molecule has 5 rings (SSSR count). The molecule has 6 heteroatoms. The first kappa shape index (κ1) is 25.2. The molecule has 0 amide bonds. The Morgan fingerprint density at radius 2 is 1.11 bits per heavy atom. The SMILES string of the molecule is CC(C)(C)N([O])c1cccc([C@@]23N=N[C@@](c4cccc(N([O])C(C)(C)C)c4)([C@H]4CCC[C@H]42)C3(C)C)c1. The summed E-state index contributed by atoms with van der Waals surface area (Å²) < 4.78 is 0. The molecule has 36 heavy (non-hydrogen) atoms. The second-order valence-corrected chi connectivity index (χ2v) is 13.5. The first-order valence-electron chi connectivity index (χ1n) is 13.3. The van der Waals surface area contributed by atoms with Crippen LogP contribution in [0, 0.1) is 17.3 Å². The number of hydrogen-bond acceptors (Lipinski definition) is 4. The minimum Gasteiger partial charge on any atom is -0.215 e. The van der Waals surface area contributed by atoms with E-state index in [1.165, 1.54) is 0 Å². The van der Waals surface area contributed by atoms with Crippen molar-refractivity contribution in [1.29, 1.82) is 0 Å². The molecular weight excluding hydrogens is 448 g/mol. The van der Waals surface area contributed by atoms with Gasteiger partial charge >= 0.3 is 0 Å². The van der Waals surface area contributed by atoms with Gasteiger partial charge in [0.05, 0.1) is 22.5 Å². The van der Waals surface area contributed by atoms with Gasteiger partial charge in [0.2, 0.25) is 0 Å². The summed E-state index contributed by atoms with van der Waals surface area (Å²) >= 11 is 0. The standard InChI is InChI=1S/C30H40N4O2/c1-26(2,3)33(35)22-14-9-12-20(18-22)29-24-16-11-17-25(24)30(32-31-29,28(29,7)8)21-13-10-15-23(19-21)34(36)27(4,5)6/h9-10,12-15,18-19,24-25H,11,16-17H2,1-8H3/t24-,25+,29-,30+. The van der Waals surface area contributed by atoms with Crippen LogP contribution in [0.25, 0.3) is 0 Å². The largest absolute Gasteiger partial charge is 0.215 e. The first-order valence-corrected chi connectivity index (χ1v) is 13.3. The smallest absolute Gasteiger partial charge is 0.117 e. The summed E-state index contributed by atoms with van der Waals surface area (Å²) in [5.41, 5.74) is 1.05. The Kier molecular flexibility index (Phi) is 5.45. The van der Waals surface area contributed by atoms with Crippen molar-refractivity contribution in [2.75, 3.05) is 10.1 Å². The number of nitrogens with zero attached hydrogens (tertiary/aromatic N) is 4. The van der Waals surface area contributed by atoms with E-state index in [-0.39, 0.29) is 5.41 Å². The highest BCUT2D eigenvalue weighted by atomic mass is 16.5. The molecule has 2 aliphatic carbocycles. The van der Waals surface area contributed by atoms with E-state index in [4.69, 9.17) is 10.2 Å². The third-order valence-corrected chi connectivity index (χ3v) is 9.12. The normalized spacial score (nSPS) is 30.5. The van der Waals surface area contributed by atoms with E-state index in [9.17, 15) is 10.4 Å². The van der Waals surface area contributed by atoms with E-state index in [0.717, 1.165) is 40.5 Å². The number of hydroxylamine groups is 2. The maximum Gasteiger partial charge on any atom is 0.117 e. The van der Waals surface area contributed by atoms with Crippen LogP contribution in [0.1, 0.15) is 85.8 Å². The van der Waals surface area contributed by atoms with Gasteiger partial charge in [-0.1, -0.05) is 54.9 Å². The highest BCUT2D eigenvalue weighted by Crippen LogP contribution is 2.77. The van der Waals surface area contributed by atoms with Crippen molar-refractivity contribution in [1.82, 2.24) is 0 Å². The zero-order chi connectivity index (χ0) is 26.3. The Morgan fingerprint density at radius 1 is 0.722 bits per heavy atom. The van der Waals surface area contributed by atoms with Crippen LogP contribution in [0.3, 0.4) is 0 Å². The van der Waals surface area contributed by atoms with Gasteiger partial charge < -0.3 is 0 Å². The number of anilines is 2. The van der Waals surface area contributed by atoms with Crippen LogP contribution >= 0.6 is 0 Å². The minimum atomic E-state index is -0.532. The van der Waals surface area contributed by atoms with Crippen LogP contribution in [0.15, 0.2) is 58.8 Å². The Balaban J connectivity index is 1.66. The van der Waals surface area contributed by atoms with E-state index in [2.05, 4.69) is 26.0 Å². The first-order chi connectivity index (χ1) is 16.7. The fourth-order valence-corrected chi connectivity index (χ4v) is 7.51. The summed E-state index contributed by atoms with van der Waals surface area (Å²) in [6, 6.07) is 16.1. The van der Waals surface area contributed by atoms with Crippen molar-refractivity contribution in [2.24, 2.45) is 27.5 Å². The molecule has 0 saturated heterocycles. The van der Waals surface area contributed by atoms with Gasteiger partial charge in [0.25, 0.3) is 0 Å². The summed E-state index contributed by atoms with van der Waals surface area (Å²) in [6.07, 6.45) is 3.33. The number of benzene rings is 2. The van der Waals surface area contributed by atoms with E-state index in [1.54, 1.807) is 0 Å². The van der Waals surface area contributed by atoms with Gasteiger partial charge in [-0.3, -0.25) is 0 Å². The molecule has 0 spiro atoms. The lowest BCUT2D eigenvalue weighted by Crippen LogP contribution is -2.45. The molecule has 2 fully saturated rings. The highest BCUT2D eigenvalue weighted by molar-refractivity contribution is 5.55. The summed E-state index contributed by atoms with van der Waals surface area (Å²) in [7, 11) is 0. The van der Waals surface area contributed by atoms with Gasteiger partial charge in [-0.05, 0) is 102 Å².